The number of carboxylic acids is 1. The number of aromatic hydroxyl groups is 1. The van der Waals surface area contributed by atoms with Crippen LogP contribution in [0.15, 0.2) is 49.1 Å². The highest BCUT2D eigenvalue weighted by molar-refractivity contribution is 5.86. The van der Waals surface area contributed by atoms with Crippen LogP contribution in [0.4, 0.5) is 16.2 Å². The van der Waals surface area contributed by atoms with E-state index in [0.29, 0.717) is 49.1 Å². The van der Waals surface area contributed by atoms with Crippen LogP contribution in [0.25, 0.3) is 27.9 Å². The second-order valence-electron chi connectivity index (χ2n) is 8.37. The number of aliphatic carboxylic acids is 1. The lowest BCUT2D eigenvalue weighted by Gasteiger charge is -2.35. The Hall–Kier alpha value is -4.81. The molecule has 1 aromatic carbocycles. The lowest BCUT2D eigenvalue weighted by Crippen LogP contribution is -2.47. The van der Waals surface area contributed by atoms with Crippen LogP contribution in [-0.2, 0) is 11.3 Å². The van der Waals surface area contributed by atoms with Crippen LogP contribution in [0.3, 0.4) is 0 Å². The lowest BCUT2D eigenvalue weighted by molar-refractivity contribution is -0.137. The highest BCUT2D eigenvalue weighted by Gasteiger charge is 2.25. The monoisotopic (exact) mass is 489 g/mol. The molecule has 1 fully saturated rings. The maximum Gasteiger partial charge on any atom is 0.323 e. The number of pyridine rings is 1. The minimum absolute atomic E-state index is 0.173. The van der Waals surface area contributed by atoms with Crippen LogP contribution in [0.1, 0.15) is 0 Å². The van der Waals surface area contributed by atoms with Crippen molar-refractivity contribution >= 4 is 39.8 Å². The van der Waals surface area contributed by atoms with E-state index < -0.39 is 11.8 Å². The molecule has 0 amide bonds. The van der Waals surface area contributed by atoms with Crippen molar-refractivity contribution in [1.29, 1.82) is 0 Å². The van der Waals surface area contributed by atoms with Gasteiger partial charge in [0.25, 0.3) is 0 Å². The predicted molar refractivity (Wildman–Crippen MR) is 128 cm³/mol. The number of fused-ring (bicyclic) bond motifs is 2. The van der Waals surface area contributed by atoms with Gasteiger partial charge in [-0.3, -0.25) is 4.79 Å². The first-order valence-corrected chi connectivity index (χ1v) is 11.2. The minimum atomic E-state index is -1.02. The number of carboxylic acid groups (broad SMARTS) is 1. The molecule has 0 spiro atoms. The Labute approximate surface area is 202 Å². The summed E-state index contributed by atoms with van der Waals surface area (Å²) in [6.45, 7) is 1.54. The number of carbonyl (C=O) groups is 1. The average Bonchev–Trinajstić information content (AvgIpc) is 3.48. The van der Waals surface area contributed by atoms with Crippen LogP contribution in [0.5, 0.6) is 5.75 Å². The minimum Gasteiger partial charge on any atom is -0.506 e. The summed E-state index contributed by atoms with van der Waals surface area (Å²) in [6, 6.07) is 8.72. The Bertz CT molecular complexity index is 1610. The number of anilines is 2. The van der Waals surface area contributed by atoms with E-state index >= 15 is 0 Å². The lowest BCUT2D eigenvalue weighted by atomic mass is 10.2. The normalized spacial score (nSPS) is 14.1. The van der Waals surface area contributed by atoms with Crippen molar-refractivity contribution in [1.82, 2.24) is 34.3 Å². The zero-order chi connectivity index (χ0) is 24.8. The molecule has 5 heterocycles. The Morgan fingerprint density at radius 2 is 1.78 bits per heavy atom. The Morgan fingerprint density at radius 3 is 2.56 bits per heavy atom. The third-order valence-electron chi connectivity index (χ3n) is 6.09. The van der Waals surface area contributed by atoms with Gasteiger partial charge < -0.3 is 24.6 Å². The molecule has 0 bridgehead atoms. The Kier molecular flexibility index (Phi) is 5.09. The maximum atomic E-state index is 14.3. The second-order valence-corrected chi connectivity index (χ2v) is 8.37. The predicted octanol–water partition coefficient (Wildman–Crippen LogP) is 1.82. The van der Waals surface area contributed by atoms with Gasteiger partial charge in [0.1, 0.15) is 12.3 Å². The van der Waals surface area contributed by atoms with Crippen molar-refractivity contribution < 1.29 is 19.4 Å². The maximum absolute atomic E-state index is 14.3. The number of nitrogens with zero attached hydrogens (tertiary/aromatic N) is 9. The molecule has 0 unspecified atom stereocenters. The van der Waals surface area contributed by atoms with Crippen molar-refractivity contribution in [2.24, 2.45) is 0 Å². The number of imidazole rings is 1. The van der Waals surface area contributed by atoms with Gasteiger partial charge in [0, 0.05) is 37.6 Å². The molecule has 0 saturated carbocycles. The van der Waals surface area contributed by atoms with Gasteiger partial charge in [0.2, 0.25) is 5.95 Å². The standard InChI is InChI=1S/C23H20FN9O3/c24-16-9-15(34)11-25-20(16)30-5-7-31(8-6-30)23-28-21-19(26-13-32(21)12-18(35)36)22(29-23)33-17-4-2-1-3-14(17)10-27-33/h1-4,9-11,13,34H,5-8,12H2,(H,35,36). The summed E-state index contributed by atoms with van der Waals surface area (Å²) in [7, 11) is 0. The van der Waals surface area contributed by atoms with Gasteiger partial charge in [-0.25, -0.2) is 19.0 Å². The van der Waals surface area contributed by atoms with E-state index in [9.17, 15) is 19.4 Å². The van der Waals surface area contributed by atoms with E-state index in [1.165, 1.54) is 17.1 Å². The molecule has 0 aliphatic carbocycles. The van der Waals surface area contributed by atoms with E-state index in [4.69, 9.17) is 4.98 Å². The van der Waals surface area contributed by atoms with Crippen molar-refractivity contribution in [3.05, 3.63) is 54.9 Å². The summed E-state index contributed by atoms with van der Waals surface area (Å²) in [5.74, 6) is -0.832. The molecule has 1 saturated heterocycles. The smallest absolute Gasteiger partial charge is 0.323 e. The number of aromatic nitrogens is 7. The summed E-state index contributed by atoms with van der Waals surface area (Å²) in [5, 5.41) is 24.2. The average molecular weight is 489 g/mol. The number of para-hydroxylation sites is 1. The zero-order valence-corrected chi connectivity index (χ0v) is 18.9. The summed E-state index contributed by atoms with van der Waals surface area (Å²) in [6.07, 6.45) is 4.38. The number of rotatable bonds is 5. The van der Waals surface area contributed by atoms with Crippen LogP contribution in [0, 0.1) is 5.82 Å². The third kappa shape index (κ3) is 3.70. The van der Waals surface area contributed by atoms with Gasteiger partial charge >= 0.3 is 5.97 Å². The molecule has 1 aliphatic rings. The van der Waals surface area contributed by atoms with Crippen LogP contribution < -0.4 is 9.80 Å². The summed E-state index contributed by atoms with van der Waals surface area (Å²) < 4.78 is 17.4. The van der Waals surface area contributed by atoms with Gasteiger partial charge in [-0.1, -0.05) is 18.2 Å². The number of halogens is 1. The number of benzene rings is 1. The molecule has 1 aliphatic heterocycles. The SMILES string of the molecule is O=C(O)Cn1cnc2c(-n3ncc4ccccc43)nc(N3CCN(c4ncc(O)cc4F)CC3)nc21. The van der Waals surface area contributed by atoms with E-state index in [0.717, 1.165) is 17.0 Å². The van der Waals surface area contributed by atoms with Gasteiger partial charge in [-0.2, -0.15) is 15.1 Å². The molecular formula is C23H20FN9O3. The Morgan fingerprint density at radius 1 is 1.00 bits per heavy atom. The third-order valence-corrected chi connectivity index (χ3v) is 6.09. The highest BCUT2D eigenvalue weighted by atomic mass is 19.1. The molecular weight excluding hydrogens is 469 g/mol. The van der Waals surface area contributed by atoms with E-state index in [-0.39, 0.29) is 18.1 Å². The molecule has 36 heavy (non-hydrogen) atoms. The molecule has 182 valence electrons. The van der Waals surface area contributed by atoms with Crippen molar-refractivity contribution in [2.45, 2.75) is 6.54 Å². The van der Waals surface area contributed by atoms with Gasteiger partial charge in [0.05, 0.1) is 24.2 Å². The quantitative estimate of drug-likeness (QED) is 0.376. The first kappa shape index (κ1) is 21.7. The number of hydrogen-bond donors (Lipinski definition) is 2. The van der Waals surface area contributed by atoms with Gasteiger partial charge in [-0.15, -0.1) is 0 Å². The van der Waals surface area contributed by atoms with E-state index in [1.54, 1.807) is 15.8 Å². The first-order valence-electron chi connectivity index (χ1n) is 11.2. The number of hydrogen-bond acceptors (Lipinski definition) is 9. The fourth-order valence-electron chi connectivity index (χ4n) is 4.38. The van der Waals surface area contributed by atoms with E-state index in [1.807, 2.05) is 29.2 Å². The van der Waals surface area contributed by atoms with Crippen molar-refractivity contribution in [3.63, 3.8) is 0 Å². The fraction of sp³-hybridized carbons (Fsp3) is 0.217. The molecule has 4 aromatic heterocycles. The summed E-state index contributed by atoms with van der Waals surface area (Å²) in [5.41, 5.74) is 1.64. The molecule has 0 radical (unpaired) electrons. The zero-order valence-electron chi connectivity index (χ0n) is 18.9. The second kappa shape index (κ2) is 8.45. The largest absolute Gasteiger partial charge is 0.506 e. The summed E-state index contributed by atoms with van der Waals surface area (Å²) in [4.78, 5) is 33.0. The molecule has 5 aromatic rings. The highest BCUT2D eigenvalue weighted by Crippen LogP contribution is 2.27. The first-order chi connectivity index (χ1) is 17.5. The van der Waals surface area contributed by atoms with Crippen molar-refractivity contribution in [2.75, 3.05) is 36.0 Å². The van der Waals surface area contributed by atoms with E-state index in [2.05, 4.69) is 20.1 Å². The van der Waals surface area contributed by atoms with Crippen LogP contribution in [0.2, 0.25) is 0 Å². The van der Waals surface area contributed by atoms with Gasteiger partial charge in [-0.05, 0) is 6.07 Å². The van der Waals surface area contributed by atoms with Gasteiger partial charge in [0.15, 0.2) is 28.6 Å². The van der Waals surface area contributed by atoms with Crippen LogP contribution in [-0.4, -0.2) is 76.6 Å². The molecule has 0 atom stereocenters. The molecule has 13 heteroatoms. The molecule has 12 nitrogen and oxygen atoms in total. The fourth-order valence-corrected chi connectivity index (χ4v) is 4.38. The van der Waals surface area contributed by atoms with Crippen LogP contribution >= 0.6 is 0 Å². The Balaban J connectivity index is 1.39. The summed E-state index contributed by atoms with van der Waals surface area (Å²) >= 11 is 0. The topological polar surface area (TPSA) is 138 Å². The molecule has 2 N–H and O–H groups in total. The number of piperazine rings is 1. The van der Waals surface area contributed by atoms with Crippen molar-refractivity contribution in [3.8, 4) is 11.6 Å². The molecule has 6 rings (SSSR count).